The summed E-state index contributed by atoms with van der Waals surface area (Å²) in [5, 5.41) is 3.81. The summed E-state index contributed by atoms with van der Waals surface area (Å²) in [4.78, 5) is 36.4. The topological polar surface area (TPSA) is 81.7 Å². The van der Waals surface area contributed by atoms with E-state index in [1.54, 1.807) is 13.8 Å². The van der Waals surface area contributed by atoms with E-state index in [1.807, 2.05) is 0 Å². The van der Waals surface area contributed by atoms with Crippen molar-refractivity contribution in [2.45, 2.75) is 13.8 Å². The maximum Gasteiger partial charge on any atom is 0.342 e. The zero-order chi connectivity index (χ0) is 19.3. The minimum absolute atomic E-state index is 0.0428. The molecule has 1 amide bonds. The van der Waals surface area contributed by atoms with E-state index in [9.17, 15) is 23.2 Å². The summed E-state index contributed by atoms with van der Waals surface area (Å²) in [6.45, 7) is 3.37. The van der Waals surface area contributed by atoms with Gasteiger partial charge in [0, 0.05) is 10.9 Å². The maximum absolute atomic E-state index is 13.3. The number of ether oxygens (including phenoxy) is 2. The highest BCUT2D eigenvalue weighted by Gasteiger charge is 2.27. The molecule has 9 heteroatoms. The molecule has 0 aliphatic carbocycles. The van der Waals surface area contributed by atoms with E-state index >= 15 is 0 Å². The van der Waals surface area contributed by atoms with Crippen molar-refractivity contribution in [3.05, 3.63) is 51.9 Å². The van der Waals surface area contributed by atoms with Crippen molar-refractivity contribution >= 4 is 34.2 Å². The van der Waals surface area contributed by atoms with Crippen LogP contribution in [0, 0.1) is 11.6 Å². The second kappa shape index (κ2) is 8.52. The molecule has 0 atom stereocenters. The van der Waals surface area contributed by atoms with Crippen molar-refractivity contribution in [2.75, 3.05) is 18.5 Å². The van der Waals surface area contributed by atoms with Crippen LogP contribution in [0.15, 0.2) is 23.6 Å². The summed E-state index contributed by atoms with van der Waals surface area (Å²) >= 11 is 0.913. The summed E-state index contributed by atoms with van der Waals surface area (Å²) in [6.07, 6.45) is 0. The lowest BCUT2D eigenvalue weighted by atomic mass is 10.1. The standard InChI is InChI=1S/C17H15F2NO5S/c1-3-24-16(22)10-8-26-15(13(10)17(23)25-4-2)20-14(21)9-5-6-11(18)12(19)7-9/h5-8H,3-4H2,1-2H3,(H,20,21). The van der Waals surface area contributed by atoms with E-state index in [0.29, 0.717) is 0 Å². The van der Waals surface area contributed by atoms with Crippen LogP contribution in [0.3, 0.4) is 0 Å². The molecule has 0 aliphatic rings. The van der Waals surface area contributed by atoms with Crippen molar-refractivity contribution < 1.29 is 32.6 Å². The van der Waals surface area contributed by atoms with Crippen LogP contribution in [0.2, 0.25) is 0 Å². The van der Waals surface area contributed by atoms with Crippen molar-refractivity contribution in [1.82, 2.24) is 0 Å². The molecule has 0 spiro atoms. The number of rotatable bonds is 6. The molecule has 0 bridgehead atoms. The number of nitrogens with one attached hydrogen (secondary N) is 1. The Morgan fingerprint density at radius 1 is 1.04 bits per heavy atom. The van der Waals surface area contributed by atoms with Gasteiger partial charge in [-0.25, -0.2) is 18.4 Å². The Kier molecular flexibility index (Phi) is 6.40. The van der Waals surface area contributed by atoms with E-state index in [4.69, 9.17) is 9.47 Å². The van der Waals surface area contributed by atoms with Crippen LogP contribution in [0.1, 0.15) is 44.9 Å². The van der Waals surface area contributed by atoms with Gasteiger partial charge in [-0.3, -0.25) is 4.79 Å². The first kappa shape index (κ1) is 19.5. The molecule has 0 aliphatic heterocycles. The summed E-state index contributed by atoms with van der Waals surface area (Å²) in [6, 6.07) is 2.64. The summed E-state index contributed by atoms with van der Waals surface area (Å²) in [7, 11) is 0. The molecule has 0 radical (unpaired) electrons. The third kappa shape index (κ3) is 4.23. The summed E-state index contributed by atoms with van der Waals surface area (Å²) < 4.78 is 36.1. The number of thiophene rings is 1. The van der Waals surface area contributed by atoms with Crippen LogP contribution in [-0.2, 0) is 9.47 Å². The second-order valence-electron chi connectivity index (χ2n) is 4.88. The van der Waals surface area contributed by atoms with Gasteiger partial charge in [-0.05, 0) is 32.0 Å². The number of amides is 1. The predicted octanol–water partition coefficient (Wildman–Crippen LogP) is 3.63. The average molecular weight is 383 g/mol. The SMILES string of the molecule is CCOC(=O)c1csc(NC(=O)c2ccc(F)c(F)c2)c1C(=O)OCC. The van der Waals surface area contributed by atoms with Gasteiger partial charge in [0.1, 0.15) is 10.6 Å². The first-order valence-corrected chi connectivity index (χ1v) is 8.49. The number of esters is 2. The van der Waals surface area contributed by atoms with E-state index in [2.05, 4.69) is 5.32 Å². The number of carbonyl (C=O) groups is 3. The predicted molar refractivity (Wildman–Crippen MR) is 90.5 cm³/mol. The van der Waals surface area contributed by atoms with Gasteiger partial charge in [0.2, 0.25) is 0 Å². The molecule has 0 unspecified atom stereocenters. The van der Waals surface area contributed by atoms with Crippen molar-refractivity contribution in [1.29, 1.82) is 0 Å². The van der Waals surface area contributed by atoms with Gasteiger partial charge in [0.05, 0.1) is 18.8 Å². The fourth-order valence-corrected chi connectivity index (χ4v) is 2.94. The van der Waals surface area contributed by atoms with Gasteiger partial charge >= 0.3 is 11.9 Å². The Balaban J connectivity index is 2.35. The smallest absolute Gasteiger partial charge is 0.342 e. The number of hydrogen-bond acceptors (Lipinski definition) is 6. The van der Waals surface area contributed by atoms with Crippen LogP contribution in [0.25, 0.3) is 0 Å². The first-order valence-electron chi connectivity index (χ1n) is 7.61. The molecular formula is C17H15F2NO5S. The molecule has 1 heterocycles. The van der Waals surface area contributed by atoms with Crippen LogP contribution in [0.4, 0.5) is 13.8 Å². The fraction of sp³-hybridized carbons (Fsp3) is 0.235. The normalized spacial score (nSPS) is 10.3. The molecule has 1 aromatic heterocycles. The highest BCUT2D eigenvalue weighted by atomic mass is 32.1. The number of carbonyl (C=O) groups excluding carboxylic acids is 3. The van der Waals surface area contributed by atoms with E-state index in [-0.39, 0.29) is 34.9 Å². The van der Waals surface area contributed by atoms with Gasteiger partial charge in [-0.2, -0.15) is 0 Å². The third-order valence-corrected chi connectivity index (χ3v) is 4.07. The minimum Gasteiger partial charge on any atom is -0.462 e. The van der Waals surface area contributed by atoms with Crippen LogP contribution >= 0.6 is 11.3 Å². The molecular weight excluding hydrogens is 368 g/mol. The Morgan fingerprint density at radius 3 is 2.31 bits per heavy atom. The Morgan fingerprint density at radius 2 is 1.69 bits per heavy atom. The summed E-state index contributed by atoms with van der Waals surface area (Å²) in [5.41, 5.74) is -0.341. The van der Waals surface area contributed by atoms with Gasteiger partial charge in [-0.1, -0.05) is 0 Å². The quantitative estimate of drug-likeness (QED) is 0.771. The highest BCUT2D eigenvalue weighted by molar-refractivity contribution is 7.15. The van der Waals surface area contributed by atoms with Crippen molar-refractivity contribution in [3.63, 3.8) is 0 Å². The van der Waals surface area contributed by atoms with Gasteiger partial charge in [-0.15, -0.1) is 11.3 Å². The molecule has 26 heavy (non-hydrogen) atoms. The van der Waals surface area contributed by atoms with Crippen molar-refractivity contribution in [3.8, 4) is 0 Å². The Hall–Kier alpha value is -2.81. The first-order chi connectivity index (χ1) is 12.4. The molecule has 0 saturated carbocycles. The third-order valence-electron chi connectivity index (χ3n) is 3.17. The molecule has 0 saturated heterocycles. The van der Waals surface area contributed by atoms with E-state index < -0.39 is 29.5 Å². The lowest BCUT2D eigenvalue weighted by Crippen LogP contribution is -2.17. The van der Waals surface area contributed by atoms with Crippen LogP contribution < -0.4 is 5.32 Å². The van der Waals surface area contributed by atoms with Crippen molar-refractivity contribution in [2.24, 2.45) is 0 Å². The number of benzene rings is 1. The number of anilines is 1. The average Bonchev–Trinajstić information content (AvgIpc) is 3.01. The molecule has 138 valence electrons. The van der Waals surface area contributed by atoms with Crippen LogP contribution in [-0.4, -0.2) is 31.1 Å². The lowest BCUT2D eigenvalue weighted by Gasteiger charge is -2.08. The van der Waals surface area contributed by atoms with E-state index in [0.717, 1.165) is 29.5 Å². The monoisotopic (exact) mass is 383 g/mol. The maximum atomic E-state index is 13.3. The molecule has 1 aromatic carbocycles. The summed E-state index contributed by atoms with van der Waals surface area (Å²) in [5.74, 6) is -4.58. The molecule has 1 N–H and O–H groups in total. The fourth-order valence-electron chi connectivity index (χ4n) is 2.03. The largest absolute Gasteiger partial charge is 0.462 e. The molecule has 2 aromatic rings. The lowest BCUT2D eigenvalue weighted by molar-refractivity contribution is 0.0481. The Bertz CT molecular complexity index is 850. The molecule has 6 nitrogen and oxygen atoms in total. The molecule has 0 fully saturated rings. The second-order valence-corrected chi connectivity index (χ2v) is 5.76. The zero-order valence-electron chi connectivity index (χ0n) is 13.9. The van der Waals surface area contributed by atoms with Crippen LogP contribution in [0.5, 0.6) is 0 Å². The van der Waals surface area contributed by atoms with Gasteiger partial charge in [0.25, 0.3) is 5.91 Å². The minimum atomic E-state index is -1.18. The zero-order valence-corrected chi connectivity index (χ0v) is 14.7. The highest BCUT2D eigenvalue weighted by Crippen LogP contribution is 2.30. The Labute approximate surface area is 151 Å². The van der Waals surface area contributed by atoms with Gasteiger partial charge < -0.3 is 14.8 Å². The number of hydrogen-bond donors (Lipinski definition) is 1. The molecule has 2 rings (SSSR count). The van der Waals surface area contributed by atoms with Gasteiger partial charge in [0.15, 0.2) is 11.6 Å². The number of halogens is 2. The van der Waals surface area contributed by atoms with E-state index in [1.165, 1.54) is 5.38 Å².